The number of hydrogen-bond acceptors (Lipinski definition) is 5. The Morgan fingerprint density at radius 3 is 2.72 bits per heavy atom. The van der Waals surface area contributed by atoms with Crippen molar-refractivity contribution in [2.75, 3.05) is 12.4 Å². The highest BCUT2D eigenvalue weighted by Gasteiger charge is 2.35. The number of carbonyl (C=O) groups is 1. The molecule has 5 heteroatoms. The van der Waals surface area contributed by atoms with Crippen LogP contribution in [0.1, 0.15) is 19.4 Å². The van der Waals surface area contributed by atoms with Crippen LogP contribution in [0.5, 0.6) is 11.5 Å². The number of benzene rings is 1. The van der Waals surface area contributed by atoms with Gasteiger partial charge >= 0.3 is 5.97 Å². The molecule has 0 saturated carbocycles. The molecule has 18 heavy (non-hydrogen) atoms. The third kappa shape index (κ3) is 1.66. The lowest BCUT2D eigenvalue weighted by Crippen LogP contribution is -2.30. The molecule has 0 aromatic heterocycles. The number of methoxy groups -OCH3 is 1. The van der Waals surface area contributed by atoms with Crippen molar-refractivity contribution in [3.05, 3.63) is 17.7 Å². The monoisotopic (exact) mass is 249 g/mol. The minimum absolute atomic E-state index is 0.256. The summed E-state index contributed by atoms with van der Waals surface area (Å²) in [6.45, 7) is 3.73. The van der Waals surface area contributed by atoms with E-state index in [-0.39, 0.29) is 12.0 Å². The number of rotatable bonds is 1. The standard InChI is InChI=1S/C13H15NO4/c1-13(2)17-10-5-7-4-9(12(15)16-3)14-8(7)6-11(10)18-13/h5-6,9,14H,4H2,1-3H3/t9-/m1/s1. The molecule has 3 rings (SSSR count). The fourth-order valence-corrected chi connectivity index (χ4v) is 2.36. The van der Waals surface area contributed by atoms with Crippen LogP contribution in [-0.4, -0.2) is 24.9 Å². The van der Waals surface area contributed by atoms with Crippen LogP contribution in [0, 0.1) is 0 Å². The van der Waals surface area contributed by atoms with Gasteiger partial charge in [-0.25, -0.2) is 4.79 Å². The number of hydrogen-bond donors (Lipinski definition) is 1. The average Bonchev–Trinajstić information content (AvgIpc) is 2.82. The molecule has 1 N–H and O–H groups in total. The van der Waals surface area contributed by atoms with Gasteiger partial charge < -0.3 is 19.5 Å². The largest absolute Gasteiger partial charge is 0.467 e. The number of esters is 1. The van der Waals surface area contributed by atoms with Gasteiger partial charge in [0, 0.05) is 32.0 Å². The summed E-state index contributed by atoms with van der Waals surface area (Å²) in [7, 11) is 1.39. The number of ether oxygens (including phenoxy) is 3. The fraction of sp³-hybridized carbons (Fsp3) is 0.462. The zero-order valence-corrected chi connectivity index (χ0v) is 10.6. The summed E-state index contributed by atoms with van der Waals surface area (Å²) in [5.74, 6) is 0.551. The number of fused-ring (bicyclic) bond motifs is 2. The minimum Gasteiger partial charge on any atom is -0.467 e. The van der Waals surface area contributed by atoms with E-state index < -0.39 is 5.79 Å². The lowest BCUT2D eigenvalue weighted by atomic mass is 10.1. The van der Waals surface area contributed by atoms with Crippen LogP contribution in [0.15, 0.2) is 12.1 Å². The van der Waals surface area contributed by atoms with Crippen LogP contribution >= 0.6 is 0 Å². The molecule has 0 saturated heterocycles. The van der Waals surface area contributed by atoms with E-state index in [0.717, 1.165) is 17.0 Å². The molecule has 0 radical (unpaired) electrons. The normalized spacial score (nSPS) is 22.3. The Morgan fingerprint density at radius 2 is 2.06 bits per heavy atom. The molecule has 1 atom stereocenters. The molecule has 5 nitrogen and oxygen atoms in total. The molecule has 2 aliphatic rings. The van der Waals surface area contributed by atoms with Gasteiger partial charge in [0.1, 0.15) is 6.04 Å². The van der Waals surface area contributed by atoms with Crippen LogP contribution in [0.4, 0.5) is 5.69 Å². The molecule has 96 valence electrons. The van der Waals surface area contributed by atoms with Crippen molar-refractivity contribution in [1.29, 1.82) is 0 Å². The molecule has 0 amide bonds. The average molecular weight is 249 g/mol. The van der Waals surface area contributed by atoms with Crippen LogP contribution in [-0.2, 0) is 16.0 Å². The SMILES string of the molecule is COC(=O)[C@H]1Cc2cc3c(cc2N1)OC(C)(C)O3. The second-order valence-corrected chi connectivity index (χ2v) is 4.98. The van der Waals surface area contributed by atoms with Crippen LogP contribution in [0.2, 0.25) is 0 Å². The summed E-state index contributed by atoms with van der Waals surface area (Å²) in [4.78, 5) is 11.5. The lowest BCUT2D eigenvalue weighted by Gasteiger charge is -2.16. The lowest BCUT2D eigenvalue weighted by molar-refractivity contribution is -0.141. The zero-order chi connectivity index (χ0) is 12.9. The first-order valence-corrected chi connectivity index (χ1v) is 5.88. The molecular formula is C13H15NO4. The molecule has 2 heterocycles. The maximum Gasteiger partial charge on any atom is 0.328 e. The van der Waals surface area contributed by atoms with Crippen LogP contribution < -0.4 is 14.8 Å². The van der Waals surface area contributed by atoms with E-state index in [4.69, 9.17) is 14.2 Å². The highest BCUT2D eigenvalue weighted by molar-refractivity contribution is 5.83. The van der Waals surface area contributed by atoms with Crippen molar-refractivity contribution in [3.8, 4) is 11.5 Å². The molecule has 0 fully saturated rings. The number of carbonyl (C=O) groups excluding carboxylic acids is 1. The summed E-state index contributed by atoms with van der Waals surface area (Å²) in [5.41, 5.74) is 1.95. The highest BCUT2D eigenvalue weighted by Crippen LogP contribution is 2.44. The first-order chi connectivity index (χ1) is 8.48. The zero-order valence-electron chi connectivity index (χ0n) is 10.6. The quantitative estimate of drug-likeness (QED) is 0.768. The number of anilines is 1. The maximum absolute atomic E-state index is 11.5. The summed E-state index contributed by atoms with van der Waals surface area (Å²) in [6, 6.07) is 3.48. The predicted molar refractivity (Wildman–Crippen MR) is 64.9 cm³/mol. The maximum atomic E-state index is 11.5. The van der Waals surface area contributed by atoms with Gasteiger partial charge in [0.05, 0.1) is 7.11 Å². The third-order valence-corrected chi connectivity index (χ3v) is 3.12. The minimum atomic E-state index is -0.626. The Kier molecular flexibility index (Phi) is 2.20. The second kappa shape index (κ2) is 3.54. The fourth-order valence-electron chi connectivity index (χ4n) is 2.36. The van der Waals surface area contributed by atoms with Gasteiger partial charge in [0.2, 0.25) is 5.79 Å². The first-order valence-electron chi connectivity index (χ1n) is 5.88. The Morgan fingerprint density at radius 1 is 1.39 bits per heavy atom. The molecule has 1 aromatic carbocycles. The topological polar surface area (TPSA) is 56.8 Å². The van der Waals surface area contributed by atoms with E-state index in [1.807, 2.05) is 26.0 Å². The van der Waals surface area contributed by atoms with E-state index >= 15 is 0 Å². The third-order valence-electron chi connectivity index (χ3n) is 3.12. The predicted octanol–water partition coefficient (Wildman–Crippen LogP) is 1.70. The van der Waals surface area contributed by atoms with Gasteiger partial charge in [-0.15, -0.1) is 0 Å². The van der Waals surface area contributed by atoms with Gasteiger partial charge in [-0.2, -0.15) is 0 Å². The molecular weight excluding hydrogens is 234 g/mol. The van der Waals surface area contributed by atoms with Crippen molar-refractivity contribution >= 4 is 11.7 Å². The number of nitrogens with one attached hydrogen (secondary N) is 1. The molecule has 2 aliphatic heterocycles. The van der Waals surface area contributed by atoms with E-state index in [2.05, 4.69) is 5.32 Å². The smallest absolute Gasteiger partial charge is 0.328 e. The van der Waals surface area contributed by atoms with Crippen molar-refractivity contribution in [2.45, 2.75) is 32.1 Å². The van der Waals surface area contributed by atoms with Crippen molar-refractivity contribution in [1.82, 2.24) is 0 Å². The molecule has 0 spiro atoms. The van der Waals surface area contributed by atoms with Crippen LogP contribution in [0.3, 0.4) is 0 Å². The van der Waals surface area contributed by atoms with Gasteiger partial charge in [-0.05, 0) is 11.6 Å². The molecule has 1 aromatic rings. The Bertz CT molecular complexity index is 487. The molecule has 0 unspecified atom stereocenters. The summed E-state index contributed by atoms with van der Waals surface area (Å²) in [5, 5.41) is 3.13. The van der Waals surface area contributed by atoms with Gasteiger partial charge in [-0.3, -0.25) is 0 Å². The second-order valence-electron chi connectivity index (χ2n) is 4.98. The highest BCUT2D eigenvalue weighted by atomic mass is 16.7. The van der Waals surface area contributed by atoms with Crippen molar-refractivity contribution in [3.63, 3.8) is 0 Å². The summed E-state index contributed by atoms with van der Waals surface area (Å²) < 4.78 is 16.1. The molecule has 0 bridgehead atoms. The van der Waals surface area contributed by atoms with Crippen LogP contribution in [0.25, 0.3) is 0 Å². The first kappa shape index (κ1) is 11.2. The van der Waals surface area contributed by atoms with Crippen molar-refractivity contribution < 1.29 is 19.0 Å². The Balaban J connectivity index is 1.89. The van der Waals surface area contributed by atoms with E-state index in [9.17, 15) is 4.79 Å². The van der Waals surface area contributed by atoms with E-state index in [0.29, 0.717) is 12.2 Å². The Labute approximate surface area is 105 Å². The van der Waals surface area contributed by atoms with E-state index in [1.54, 1.807) is 0 Å². The summed E-state index contributed by atoms with van der Waals surface area (Å²) in [6.07, 6.45) is 0.610. The van der Waals surface area contributed by atoms with Gasteiger partial charge in [-0.1, -0.05) is 0 Å². The van der Waals surface area contributed by atoms with Gasteiger partial charge in [0.15, 0.2) is 11.5 Å². The Hall–Kier alpha value is -1.91. The van der Waals surface area contributed by atoms with E-state index in [1.165, 1.54) is 7.11 Å². The summed E-state index contributed by atoms with van der Waals surface area (Å²) >= 11 is 0. The van der Waals surface area contributed by atoms with Gasteiger partial charge in [0.25, 0.3) is 0 Å². The van der Waals surface area contributed by atoms with Crippen molar-refractivity contribution in [2.24, 2.45) is 0 Å². The molecule has 0 aliphatic carbocycles.